The van der Waals surface area contributed by atoms with Crippen LogP contribution in [0.3, 0.4) is 0 Å². The standard InChI is InChI=1S/C17H22N4O2/c22-13-6-14-2-4-15(5-3-14)20-16(23)17(7-10-18-11-8-17)21-12-1-9-19-21/h1-5,9,12,18,22H,6-8,10-11,13H2,(H,20,23). The summed E-state index contributed by atoms with van der Waals surface area (Å²) in [4.78, 5) is 13.0. The monoisotopic (exact) mass is 314 g/mol. The van der Waals surface area contributed by atoms with Gasteiger partial charge >= 0.3 is 0 Å². The van der Waals surface area contributed by atoms with Crippen molar-refractivity contribution in [2.45, 2.75) is 24.8 Å². The number of nitrogens with zero attached hydrogens (tertiary/aromatic N) is 2. The Morgan fingerprint density at radius 3 is 2.65 bits per heavy atom. The number of aliphatic hydroxyl groups is 1. The first-order valence-electron chi connectivity index (χ1n) is 7.97. The minimum absolute atomic E-state index is 0.0300. The summed E-state index contributed by atoms with van der Waals surface area (Å²) in [5.74, 6) is -0.0300. The summed E-state index contributed by atoms with van der Waals surface area (Å²) in [6.07, 6.45) is 5.61. The second kappa shape index (κ2) is 6.93. The predicted molar refractivity (Wildman–Crippen MR) is 88.2 cm³/mol. The number of benzene rings is 1. The number of hydrogen-bond donors (Lipinski definition) is 3. The molecule has 23 heavy (non-hydrogen) atoms. The maximum Gasteiger partial charge on any atom is 0.252 e. The number of rotatable bonds is 5. The van der Waals surface area contributed by atoms with Gasteiger partial charge in [-0.2, -0.15) is 5.10 Å². The maximum absolute atomic E-state index is 13.0. The molecule has 2 aromatic rings. The lowest BCUT2D eigenvalue weighted by molar-refractivity contribution is -0.126. The van der Waals surface area contributed by atoms with E-state index >= 15 is 0 Å². The molecule has 0 bridgehead atoms. The van der Waals surface area contributed by atoms with Crippen LogP contribution in [-0.4, -0.2) is 40.5 Å². The van der Waals surface area contributed by atoms with E-state index in [-0.39, 0.29) is 12.5 Å². The van der Waals surface area contributed by atoms with Gasteiger partial charge in [0.15, 0.2) is 0 Å². The van der Waals surface area contributed by atoms with E-state index in [2.05, 4.69) is 15.7 Å². The minimum Gasteiger partial charge on any atom is -0.396 e. The van der Waals surface area contributed by atoms with Crippen LogP contribution in [0, 0.1) is 0 Å². The number of piperidine rings is 1. The van der Waals surface area contributed by atoms with E-state index in [1.807, 2.05) is 36.5 Å². The zero-order chi connectivity index (χ0) is 16.1. The van der Waals surface area contributed by atoms with Crippen molar-refractivity contribution >= 4 is 11.6 Å². The number of hydrogen-bond acceptors (Lipinski definition) is 4. The number of amides is 1. The van der Waals surface area contributed by atoms with Gasteiger partial charge in [0.1, 0.15) is 5.54 Å². The Hall–Kier alpha value is -2.18. The number of nitrogens with one attached hydrogen (secondary N) is 2. The van der Waals surface area contributed by atoms with E-state index in [0.717, 1.165) is 24.3 Å². The fourth-order valence-electron chi connectivity index (χ4n) is 3.05. The smallest absolute Gasteiger partial charge is 0.252 e. The first-order valence-corrected chi connectivity index (χ1v) is 7.97. The molecule has 3 rings (SSSR count). The molecule has 0 spiro atoms. The van der Waals surface area contributed by atoms with Gasteiger partial charge in [0.25, 0.3) is 5.91 Å². The average Bonchev–Trinajstić information content (AvgIpc) is 3.12. The van der Waals surface area contributed by atoms with E-state index in [4.69, 9.17) is 5.11 Å². The Balaban J connectivity index is 1.79. The topological polar surface area (TPSA) is 79.2 Å². The molecule has 1 fully saturated rings. The van der Waals surface area contributed by atoms with Gasteiger partial charge < -0.3 is 15.7 Å². The third-order valence-electron chi connectivity index (χ3n) is 4.41. The summed E-state index contributed by atoms with van der Waals surface area (Å²) < 4.78 is 1.78. The van der Waals surface area contributed by atoms with Gasteiger partial charge in [-0.05, 0) is 56.1 Å². The first-order chi connectivity index (χ1) is 11.2. The Morgan fingerprint density at radius 1 is 1.30 bits per heavy atom. The number of aliphatic hydroxyl groups excluding tert-OH is 1. The van der Waals surface area contributed by atoms with E-state index in [1.54, 1.807) is 10.9 Å². The largest absolute Gasteiger partial charge is 0.396 e. The molecule has 6 nitrogen and oxygen atoms in total. The van der Waals surface area contributed by atoms with Crippen LogP contribution < -0.4 is 10.6 Å². The normalized spacial score (nSPS) is 16.9. The zero-order valence-electron chi connectivity index (χ0n) is 13.0. The van der Waals surface area contributed by atoms with Crippen LogP contribution in [0.5, 0.6) is 0 Å². The molecule has 0 saturated carbocycles. The molecule has 1 aliphatic heterocycles. The molecular formula is C17H22N4O2. The number of aromatic nitrogens is 2. The third-order valence-corrected chi connectivity index (χ3v) is 4.41. The van der Waals surface area contributed by atoms with Crippen LogP contribution in [0.1, 0.15) is 18.4 Å². The van der Waals surface area contributed by atoms with Crippen LogP contribution in [0.4, 0.5) is 5.69 Å². The number of carbonyl (C=O) groups is 1. The fourth-order valence-corrected chi connectivity index (χ4v) is 3.05. The van der Waals surface area contributed by atoms with Crippen molar-refractivity contribution in [3.63, 3.8) is 0 Å². The molecule has 6 heteroatoms. The van der Waals surface area contributed by atoms with Crippen molar-refractivity contribution < 1.29 is 9.90 Å². The highest BCUT2D eigenvalue weighted by Gasteiger charge is 2.41. The van der Waals surface area contributed by atoms with Crippen molar-refractivity contribution in [3.05, 3.63) is 48.3 Å². The molecule has 0 unspecified atom stereocenters. The van der Waals surface area contributed by atoms with Crippen molar-refractivity contribution in [3.8, 4) is 0 Å². The first kappa shape index (κ1) is 15.7. The van der Waals surface area contributed by atoms with E-state index in [0.29, 0.717) is 19.3 Å². The lowest BCUT2D eigenvalue weighted by atomic mass is 9.87. The van der Waals surface area contributed by atoms with Gasteiger partial charge in [0.2, 0.25) is 0 Å². The average molecular weight is 314 g/mol. The second-order valence-corrected chi connectivity index (χ2v) is 5.86. The highest BCUT2D eigenvalue weighted by atomic mass is 16.3. The van der Waals surface area contributed by atoms with Crippen molar-refractivity contribution in [2.24, 2.45) is 0 Å². The molecule has 122 valence electrons. The van der Waals surface area contributed by atoms with Crippen LogP contribution >= 0.6 is 0 Å². The molecule has 3 N–H and O–H groups in total. The predicted octanol–water partition coefficient (Wildman–Crippen LogP) is 1.14. The molecule has 1 aromatic carbocycles. The van der Waals surface area contributed by atoms with Gasteiger partial charge in [0.05, 0.1) is 0 Å². The minimum atomic E-state index is -0.640. The molecule has 1 amide bonds. The summed E-state index contributed by atoms with van der Waals surface area (Å²) in [7, 11) is 0. The third kappa shape index (κ3) is 3.28. The van der Waals surface area contributed by atoms with E-state index in [1.165, 1.54) is 0 Å². The lowest BCUT2D eigenvalue weighted by Crippen LogP contribution is -2.52. The van der Waals surface area contributed by atoms with Crippen molar-refractivity contribution in [2.75, 3.05) is 25.0 Å². The van der Waals surface area contributed by atoms with Gasteiger partial charge in [0, 0.05) is 24.7 Å². The summed E-state index contributed by atoms with van der Waals surface area (Å²) in [5.41, 5.74) is 1.18. The molecule has 0 aliphatic carbocycles. The van der Waals surface area contributed by atoms with Crippen LogP contribution in [0.25, 0.3) is 0 Å². The Kier molecular flexibility index (Phi) is 4.73. The molecule has 2 heterocycles. The van der Waals surface area contributed by atoms with Gasteiger partial charge in [-0.25, -0.2) is 0 Å². The summed E-state index contributed by atoms with van der Waals surface area (Å²) >= 11 is 0. The Labute approximate surface area is 135 Å². The summed E-state index contributed by atoms with van der Waals surface area (Å²) in [5, 5.41) is 19.6. The molecule has 0 atom stereocenters. The summed E-state index contributed by atoms with van der Waals surface area (Å²) in [6, 6.07) is 9.45. The molecule has 1 aromatic heterocycles. The van der Waals surface area contributed by atoms with Crippen molar-refractivity contribution in [1.29, 1.82) is 0 Å². The van der Waals surface area contributed by atoms with Gasteiger partial charge in [-0.3, -0.25) is 9.48 Å². The molecule has 0 radical (unpaired) electrons. The number of anilines is 1. The van der Waals surface area contributed by atoms with Gasteiger partial charge in [-0.1, -0.05) is 12.1 Å². The highest BCUT2D eigenvalue weighted by Crippen LogP contribution is 2.28. The summed E-state index contributed by atoms with van der Waals surface area (Å²) in [6.45, 7) is 1.71. The Bertz CT molecular complexity index is 631. The highest BCUT2D eigenvalue weighted by molar-refractivity contribution is 5.96. The SMILES string of the molecule is O=C(Nc1ccc(CCO)cc1)C1(n2cccn2)CCNCC1. The van der Waals surface area contributed by atoms with Crippen LogP contribution in [-0.2, 0) is 16.8 Å². The lowest BCUT2D eigenvalue weighted by Gasteiger charge is -2.36. The molecule has 1 saturated heterocycles. The van der Waals surface area contributed by atoms with Crippen molar-refractivity contribution in [1.82, 2.24) is 15.1 Å². The molecule has 1 aliphatic rings. The van der Waals surface area contributed by atoms with Gasteiger partial charge in [-0.15, -0.1) is 0 Å². The molecular weight excluding hydrogens is 292 g/mol. The van der Waals surface area contributed by atoms with Crippen LogP contribution in [0.15, 0.2) is 42.7 Å². The quantitative estimate of drug-likeness (QED) is 0.773. The zero-order valence-corrected chi connectivity index (χ0v) is 13.0. The maximum atomic E-state index is 13.0. The second-order valence-electron chi connectivity index (χ2n) is 5.86. The number of carbonyl (C=O) groups excluding carboxylic acids is 1. The Morgan fingerprint density at radius 2 is 2.04 bits per heavy atom. The van der Waals surface area contributed by atoms with Crippen LogP contribution in [0.2, 0.25) is 0 Å². The fraction of sp³-hybridized carbons (Fsp3) is 0.412. The van der Waals surface area contributed by atoms with E-state index in [9.17, 15) is 4.79 Å². The van der Waals surface area contributed by atoms with E-state index < -0.39 is 5.54 Å².